The molecule has 24 heavy (non-hydrogen) atoms. The Kier molecular flexibility index (Phi) is 4.76. The van der Waals surface area contributed by atoms with E-state index in [0.717, 1.165) is 25.8 Å². The topological polar surface area (TPSA) is 61.9 Å². The van der Waals surface area contributed by atoms with Gasteiger partial charge in [-0.05, 0) is 24.8 Å². The van der Waals surface area contributed by atoms with Gasteiger partial charge in [0.2, 0.25) is 5.91 Å². The van der Waals surface area contributed by atoms with Crippen molar-refractivity contribution >= 4 is 12.0 Å². The summed E-state index contributed by atoms with van der Waals surface area (Å²) in [5.74, 6) is 0.0708. The SMILES string of the molecule is CN(C)C(=O)OCN1C(=O)CCC12CCC(c1ccccc1)NC2. The van der Waals surface area contributed by atoms with Gasteiger partial charge in [0, 0.05) is 33.1 Å². The molecule has 0 radical (unpaired) electrons. The molecule has 2 heterocycles. The third-order valence-electron chi connectivity index (χ3n) is 5.14. The molecular formula is C18H25N3O3. The number of nitrogens with zero attached hydrogens (tertiary/aromatic N) is 2. The number of rotatable bonds is 3. The molecule has 0 bridgehead atoms. The summed E-state index contributed by atoms with van der Waals surface area (Å²) in [6.45, 7) is 0.769. The van der Waals surface area contributed by atoms with Gasteiger partial charge in [-0.1, -0.05) is 30.3 Å². The van der Waals surface area contributed by atoms with Crippen molar-refractivity contribution in [1.82, 2.24) is 15.1 Å². The minimum atomic E-state index is -0.421. The van der Waals surface area contributed by atoms with Crippen LogP contribution in [0.2, 0.25) is 0 Å². The summed E-state index contributed by atoms with van der Waals surface area (Å²) < 4.78 is 5.26. The second-order valence-electron chi connectivity index (χ2n) is 6.86. The lowest BCUT2D eigenvalue weighted by molar-refractivity contribution is -0.137. The van der Waals surface area contributed by atoms with Crippen molar-refractivity contribution in [3.63, 3.8) is 0 Å². The van der Waals surface area contributed by atoms with Crippen LogP contribution >= 0.6 is 0 Å². The van der Waals surface area contributed by atoms with Crippen LogP contribution in [-0.2, 0) is 9.53 Å². The maximum Gasteiger partial charge on any atom is 0.410 e. The third-order valence-corrected chi connectivity index (χ3v) is 5.14. The minimum absolute atomic E-state index is 0.0352. The van der Waals surface area contributed by atoms with E-state index in [4.69, 9.17) is 4.74 Å². The Bertz CT molecular complexity index is 595. The summed E-state index contributed by atoms with van der Waals surface area (Å²) in [6, 6.07) is 10.7. The smallest absolute Gasteiger partial charge is 0.410 e. The van der Waals surface area contributed by atoms with Crippen molar-refractivity contribution in [3.05, 3.63) is 35.9 Å². The van der Waals surface area contributed by atoms with E-state index in [1.54, 1.807) is 19.0 Å². The standard InChI is InChI=1S/C18H25N3O3/c1-20(2)17(23)24-13-21-16(22)9-11-18(21)10-8-15(19-12-18)14-6-4-3-5-7-14/h3-7,15,19H,8-13H2,1-2H3. The van der Waals surface area contributed by atoms with Crippen LogP contribution in [0.3, 0.4) is 0 Å². The average molecular weight is 331 g/mol. The number of hydrogen-bond acceptors (Lipinski definition) is 4. The fraction of sp³-hybridized carbons (Fsp3) is 0.556. The normalized spacial score (nSPS) is 26.7. The van der Waals surface area contributed by atoms with E-state index >= 15 is 0 Å². The molecule has 2 amide bonds. The molecule has 6 heteroatoms. The second kappa shape index (κ2) is 6.81. The fourth-order valence-electron chi connectivity index (χ4n) is 3.66. The Morgan fingerprint density at radius 3 is 2.71 bits per heavy atom. The molecule has 2 fully saturated rings. The van der Waals surface area contributed by atoms with Gasteiger partial charge in [-0.2, -0.15) is 0 Å². The Morgan fingerprint density at radius 2 is 2.08 bits per heavy atom. The zero-order chi connectivity index (χ0) is 17.2. The molecule has 1 spiro atoms. The van der Waals surface area contributed by atoms with Gasteiger partial charge >= 0.3 is 6.09 Å². The highest BCUT2D eigenvalue weighted by atomic mass is 16.6. The van der Waals surface area contributed by atoms with E-state index in [2.05, 4.69) is 17.4 Å². The number of piperidine rings is 1. The number of carbonyl (C=O) groups is 2. The summed E-state index contributed by atoms with van der Waals surface area (Å²) in [6.07, 6.45) is 2.81. The van der Waals surface area contributed by atoms with Crippen LogP contribution in [0.4, 0.5) is 4.79 Å². The molecule has 2 atom stereocenters. The van der Waals surface area contributed by atoms with Crippen LogP contribution in [0.25, 0.3) is 0 Å². The number of nitrogens with one attached hydrogen (secondary N) is 1. The molecule has 1 aromatic carbocycles. The molecule has 3 rings (SSSR count). The molecule has 0 saturated carbocycles. The Hall–Kier alpha value is -2.08. The van der Waals surface area contributed by atoms with Crippen LogP contribution in [-0.4, -0.2) is 54.7 Å². The molecule has 6 nitrogen and oxygen atoms in total. The molecule has 1 N–H and O–H groups in total. The van der Waals surface area contributed by atoms with Gasteiger partial charge in [-0.25, -0.2) is 4.79 Å². The first-order valence-electron chi connectivity index (χ1n) is 8.45. The van der Waals surface area contributed by atoms with E-state index < -0.39 is 6.09 Å². The van der Waals surface area contributed by atoms with Crippen molar-refractivity contribution in [2.24, 2.45) is 0 Å². The zero-order valence-corrected chi connectivity index (χ0v) is 14.3. The molecular weight excluding hydrogens is 306 g/mol. The van der Waals surface area contributed by atoms with Crippen molar-refractivity contribution in [3.8, 4) is 0 Å². The van der Waals surface area contributed by atoms with Crippen LogP contribution in [0.5, 0.6) is 0 Å². The Balaban J connectivity index is 1.64. The third kappa shape index (κ3) is 3.24. The highest BCUT2D eigenvalue weighted by Gasteiger charge is 2.47. The average Bonchev–Trinajstić information content (AvgIpc) is 2.90. The predicted octanol–water partition coefficient (Wildman–Crippen LogP) is 2.13. The lowest BCUT2D eigenvalue weighted by atomic mass is 9.83. The van der Waals surface area contributed by atoms with E-state index in [1.807, 2.05) is 18.2 Å². The highest BCUT2D eigenvalue weighted by molar-refractivity contribution is 5.80. The number of benzene rings is 1. The van der Waals surface area contributed by atoms with Gasteiger partial charge < -0.3 is 19.9 Å². The number of carbonyl (C=O) groups excluding carboxylic acids is 2. The van der Waals surface area contributed by atoms with Crippen molar-refractivity contribution in [2.75, 3.05) is 27.4 Å². The van der Waals surface area contributed by atoms with E-state index in [0.29, 0.717) is 12.5 Å². The van der Waals surface area contributed by atoms with Crippen LogP contribution < -0.4 is 5.32 Å². The molecule has 0 aromatic heterocycles. The summed E-state index contributed by atoms with van der Waals surface area (Å²) >= 11 is 0. The van der Waals surface area contributed by atoms with Crippen LogP contribution in [0, 0.1) is 0 Å². The number of likely N-dealkylation sites (tertiary alicyclic amines) is 1. The molecule has 0 aliphatic carbocycles. The van der Waals surface area contributed by atoms with Crippen molar-refractivity contribution in [1.29, 1.82) is 0 Å². The minimum Gasteiger partial charge on any atom is -0.428 e. The number of amides is 2. The van der Waals surface area contributed by atoms with Crippen LogP contribution in [0.1, 0.15) is 37.3 Å². The van der Waals surface area contributed by atoms with Gasteiger partial charge in [-0.3, -0.25) is 4.79 Å². The first kappa shape index (κ1) is 16.8. The molecule has 2 aliphatic rings. The van der Waals surface area contributed by atoms with E-state index in [9.17, 15) is 9.59 Å². The lowest BCUT2D eigenvalue weighted by Gasteiger charge is -2.44. The number of ether oxygens (including phenoxy) is 1. The van der Waals surface area contributed by atoms with Gasteiger partial charge in [0.15, 0.2) is 6.73 Å². The summed E-state index contributed by atoms with van der Waals surface area (Å²) in [5, 5.41) is 3.58. The monoisotopic (exact) mass is 331 g/mol. The van der Waals surface area contributed by atoms with E-state index in [1.165, 1.54) is 10.5 Å². The predicted molar refractivity (Wildman–Crippen MR) is 90.3 cm³/mol. The molecule has 1 aromatic rings. The summed E-state index contributed by atoms with van der Waals surface area (Å²) in [5.41, 5.74) is 1.05. The Morgan fingerprint density at radius 1 is 1.33 bits per heavy atom. The van der Waals surface area contributed by atoms with Crippen LogP contribution in [0.15, 0.2) is 30.3 Å². The number of hydrogen-bond donors (Lipinski definition) is 1. The maximum atomic E-state index is 12.3. The molecule has 2 aliphatic heterocycles. The molecule has 2 saturated heterocycles. The van der Waals surface area contributed by atoms with Crippen molar-refractivity contribution in [2.45, 2.75) is 37.3 Å². The largest absolute Gasteiger partial charge is 0.428 e. The molecule has 130 valence electrons. The van der Waals surface area contributed by atoms with E-state index in [-0.39, 0.29) is 18.2 Å². The second-order valence-corrected chi connectivity index (χ2v) is 6.86. The maximum absolute atomic E-state index is 12.3. The quantitative estimate of drug-likeness (QED) is 0.922. The van der Waals surface area contributed by atoms with Crippen molar-refractivity contribution < 1.29 is 14.3 Å². The first-order chi connectivity index (χ1) is 11.5. The first-order valence-corrected chi connectivity index (χ1v) is 8.45. The van der Waals surface area contributed by atoms with Gasteiger partial charge in [0.05, 0.1) is 5.54 Å². The zero-order valence-electron chi connectivity index (χ0n) is 14.3. The Labute approximate surface area is 142 Å². The van der Waals surface area contributed by atoms with Gasteiger partial charge in [0.1, 0.15) is 0 Å². The fourth-order valence-corrected chi connectivity index (χ4v) is 3.66. The highest BCUT2D eigenvalue weighted by Crippen LogP contribution is 2.39. The van der Waals surface area contributed by atoms with Gasteiger partial charge in [0.25, 0.3) is 0 Å². The lowest BCUT2D eigenvalue weighted by Crippen LogP contribution is -2.56. The van der Waals surface area contributed by atoms with Gasteiger partial charge in [-0.15, -0.1) is 0 Å². The summed E-state index contributed by atoms with van der Waals surface area (Å²) in [4.78, 5) is 27.1. The molecule has 2 unspecified atom stereocenters. The summed E-state index contributed by atoms with van der Waals surface area (Å²) in [7, 11) is 3.27.